The van der Waals surface area contributed by atoms with Crippen LogP contribution in [0.25, 0.3) is 0 Å². The molecule has 5 heteroatoms. The molecule has 1 rings (SSSR count). The highest BCUT2D eigenvalue weighted by atomic mass is 35.5. The Balaban J connectivity index is 3.05. The molecule has 2 unspecified atom stereocenters. The summed E-state index contributed by atoms with van der Waals surface area (Å²) in [5.74, 6) is -1.70. The number of hydrogen-bond donors (Lipinski definition) is 2. The van der Waals surface area contributed by atoms with Crippen LogP contribution >= 0.6 is 11.6 Å². The molecule has 0 radical (unpaired) electrons. The summed E-state index contributed by atoms with van der Waals surface area (Å²) in [6.45, 7) is 1.11. The summed E-state index contributed by atoms with van der Waals surface area (Å²) in [4.78, 5) is 10.4. The van der Waals surface area contributed by atoms with Gasteiger partial charge in [-0.15, -0.1) is 0 Å². The van der Waals surface area contributed by atoms with E-state index in [-0.39, 0.29) is 5.56 Å². The third kappa shape index (κ3) is 2.46. The second-order valence-electron chi connectivity index (χ2n) is 3.36. The number of carboxylic acids is 1. The fourth-order valence-electron chi connectivity index (χ4n) is 1.17. The molecule has 1 aromatic rings. The summed E-state index contributed by atoms with van der Waals surface area (Å²) in [5, 5.41) is 18.6. The van der Waals surface area contributed by atoms with Crippen molar-refractivity contribution in [3.05, 3.63) is 34.9 Å². The summed E-state index contributed by atoms with van der Waals surface area (Å²) >= 11 is 5.61. The standard InChI is InChI=1S/C10H10ClFO3/c1-10(15,8(12)9(13)14)6-2-4-7(11)5-3-6/h2-5,8,15H,1H3,(H,13,14). The summed E-state index contributed by atoms with van der Waals surface area (Å²) in [7, 11) is 0. The fourth-order valence-corrected chi connectivity index (χ4v) is 1.30. The zero-order chi connectivity index (χ0) is 11.6. The molecule has 0 fully saturated rings. The van der Waals surface area contributed by atoms with Crippen molar-refractivity contribution in [3.63, 3.8) is 0 Å². The lowest BCUT2D eigenvalue weighted by Gasteiger charge is -2.25. The largest absolute Gasteiger partial charge is 0.479 e. The average Bonchev–Trinajstić information content (AvgIpc) is 2.17. The van der Waals surface area contributed by atoms with Gasteiger partial charge in [0.1, 0.15) is 5.60 Å². The quantitative estimate of drug-likeness (QED) is 0.838. The highest BCUT2D eigenvalue weighted by molar-refractivity contribution is 6.30. The summed E-state index contributed by atoms with van der Waals surface area (Å²) < 4.78 is 13.2. The Morgan fingerprint density at radius 1 is 1.47 bits per heavy atom. The maximum atomic E-state index is 13.2. The van der Waals surface area contributed by atoms with Crippen molar-refractivity contribution >= 4 is 17.6 Å². The summed E-state index contributed by atoms with van der Waals surface area (Å²) in [5.41, 5.74) is -1.89. The number of halogens is 2. The lowest BCUT2D eigenvalue weighted by molar-refractivity contribution is -0.153. The Morgan fingerprint density at radius 2 is 1.93 bits per heavy atom. The second-order valence-corrected chi connectivity index (χ2v) is 3.79. The van der Waals surface area contributed by atoms with Crippen molar-refractivity contribution in [2.75, 3.05) is 0 Å². The summed E-state index contributed by atoms with van der Waals surface area (Å²) in [6.07, 6.45) is -2.38. The highest BCUT2D eigenvalue weighted by Gasteiger charge is 2.39. The van der Waals surface area contributed by atoms with E-state index in [9.17, 15) is 14.3 Å². The van der Waals surface area contributed by atoms with E-state index in [1.807, 2.05) is 0 Å². The molecule has 0 heterocycles. The zero-order valence-electron chi connectivity index (χ0n) is 7.95. The molecule has 3 nitrogen and oxygen atoms in total. The first-order chi connectivity index (χ1) is 6.85. The first kappa shape index (κ1) is 11.9. The van der Waals surface area contributed by atoms with Crippen LogP contribution in [-0.2, 0) is 10.4 Å². The molecule has 0 amide bonds. The molecule has 0 saturated carbocycles. The van der Waals surface area contributed by atoms with E-state index in [1.165, 1.54) is 24.3 Å². The number of aliphatic hydroxyl groups is 1. The molecule has 0 saturated heterocycles. The van der Waals surface area contributed by atoms with Crippen LogP contribution in [0, 0.1) is 0 Å². The predicted molar refractivity (Wildman–Crippen MR) is 53.6 cm³/mol. The van der Waals surface area contributed by atoms with Gasteiger partial charge in [-0.1, -0.05) is 23.7 Å². The maximum Gasteiger partial charge on any atom is 0.341 e. The van der Waals surface area contributed by atoms with Crippen molar-refractivity contribution in [1.82, 2.24) is 0 Å². The molecule has 2 atom stereocenters. The summed E-state index contributed by atoms with van der Waals surface area (Å²) in [6, 6.07) is 5.69. The van der Waals surface area contributed by atoms with Gasteiger partial charge in [-0.3, -0.25) is 0 Å². The van der Waals surface area contributed by atoms with Gasteiger partial charge in [-0.25, -0.2) is 9.18 Å². The Morgan fingerprint density at radius 3 is 2.33 bits per heavy atom. The Hall–Kier alpha value is -1.13. The van der Waals surface area contributed by atoms with Crippen molar-refractivity contribution in [2.24, 2.45) is 0 Å². The van der Waals surface area contributed by atoms with Crippen LogP contribution in [0.1, 0.15) is 12.5 Å². The van der Waals surface area contributed by atoms with Crippen molar-refractivity contribution in [1.29, 1.82) is 0 Å². The van der Waals surface area contributed by atoms with Gasteiger partial charge in [0, 0.05) is 5.02 Å². The van der Waals surface area contributed by atoms with Crippen LogP contribution in [0.15, 0.2) is 24.3 Å². The van der Waals surface area contributed by atoms with Crippen LogP contribution in [0.5, 0.6) is 0 Å². The average molecular weight is 233 g/mol. The molecular formula is C10H10ClFO3. The molecule has 1 aromatic carbocycles. The molecule has 2 N–H and O–H groups in total. The minimum absolute atomic E-state index is 0.168. The van der Waals surface area contributed by atoms with E-state index in [1.54, 1.807) is 0 Å². The second kappa shape index (κ2) is 4.16. The topological polar surface area (TPSA) is 57.5 Å². The first-order valence-corrected chi connectivity index (χ1v) is 4.59. The van der Waals surface area contributed by atoms with Gasteiger partial charge in [0.2, 0.25) is 6.17 Å². The molecular weight excluding hydrogens is 223 g/mol. The normalized spacial score (nSPS) is 16.8. The van der Waals surface area contributed by atoms with E-state index >= 15 is 0 Å². The number of carboxylic acid groups (broad SMARTS) is 1. The minimum atomic E-state index is -2.38. The third-order valence-electron chi connectivity index (χ3n) is 2.14. The minimum Gasteiger partial charge on any atom is -0.479 e. The van der Waals surface area contributed by atoms with Crippen LogP contribution < -0.4 is 0 Å². The van der Waals surface area contributed by atoms with E-state index < -0.39 is 17.7 Å². The Labute approximate surface area is 91.1 Å². The molecule has 0 aliphatic heterocycles. The van der Waals surface area contributed by atoms with E-state index in [0.717, 1.165) is 6.92 Å². The monoisotopic (exact) mass is 232 g/mol. The van der Waals surface area contributed by atoms with Crippen LogP contribution in [-0.4, -0.2) is 22.4 Å². The van der Waals surface area contributed by atoms with Gasteiger partial charge < -0.3 is 10.2 Å². The van der Waals surface area contributed by atoms with Crippen LogP contribution in [0.3, 0.4) is 0 Å². The van der Waals surface area contributed by atoms with Crippen molar-refractivity contribution in [3.8, 4) is 0 Å². The molecule has 0 aromatic heterocycles. The zero-order valence-corrected chi connectivity index (χ0v) is 8.70. The van der Waals surface area contributed by atoms with Crippen LogP contribution in [0.4, 0.5) is 4.39 Å². The number of carbonyl (C=O) groups is 1. The number of aliphatic carboxylic acids is 1. The smallest absolute Gasteiger partial charge is 0.341 e. The molecule has 0 aliphatic rings. The fraction of sp³-hybridized carbons (Fsp3) is 0.300. The van der Waals surface area contributed by atoms with E-state index in [2.05, 4.69) is 0 Å². The molecule has 0 aliphatic carbocycles. The van der Waals surface area contributed by atoms with Crippen molar-refractivity contribution in [2.45, 2.75) is 18.7 Å². The Kier molecular flexibility index (Phi) is 3.31. The van der Waals surface area contributed by atoms with Gasteiger partial charge in [0.05, 0.1) is 0 Å². The van der Waals surface area contributed by atoms with Gasteiger partial charge in [0.25, 0.3) is 0 Å². The SMILES string of the molecule is CC(O)(c1ccc(Cl)cc1)C(F)C(=O)O. The Bertz CT molecular complexity index is 361. The number of hydrogen-bond acceptors (Lipinski definition) is 2. The first-order valence-electron chi connectivity index (χ1n) is 4.21. The van der Waals surface area contributed by atoms with Gasteiger partial charge in [-0.05, 0) is 24.6 Å². The van der Waals surface area contributed by atoms with Crippen LogP contribution in [0.2, 0.25) is 5.02 Å². The number of alkyl halides is 1. The lowest BCUT2D eigenvalue weighted by atomic mass is 9.91. The van der Waals surface area contributed by atoms with Crippen molar-refractivity contribution < 1.29 is 19.4 Å². The third-order valence-corrected chi connectivity index (χ3v) is 2.39. The van der Waals surface area contributed by atoms with Gasteiger partial charge in [-0.2, -0.15) is 0 Å². The molecule has 0 bridgehead atoms. The molecule has 0 spiro atoms. The predicted octanol–water partition coefficient (Wildman–Crippen LogP) is 1.97. The number of benzene rings is 1. The van der Waals surface area contributed by atoms with Gasteiger partial charge >= 0.3 is 5.97 Å². The lowest BCUT2D eigenvalue weighted by Crippen LogP contribution is -2.39. The highest BCUT2D eigenvalue weighted by Crippen LogP contribution is 2.27. The molecule has 15 heavy (non-hydrogen) atoms. The maximum absolute atomic E-state index is 13.2. The number of rotatable bonds is 3. The van der Waals surface area contributed by atoms with E-state index in [4.69, 9.17) is 16.7 Å². The molecule has 82 valence electrons. The van der Waals surface area contributed by atoms with Gasteiger partial charge in [0.15, 0.2) is 0 Å². The van der Waals surface area contributed by atoms with E-state index in [0.29, 0.717) is 5.02 Å².